The third-order valence-electron chi connectivity index (χ3n) is 3.26. The zero-order valence-electron chi connectivity index (χ0n) is 10.1. The first-order valence-corrected chi connectivity index (χ1v) is 5.74. The average Bonchev–Trinajstić information content (AvgIpc) is 2.77. The number of hydrogen-bond acceptors (Lipinski definition) is 3. The molecule has 0 saturated carbocycles. The molecule has 0 spiro atoms. The van der Waals surface area contributed by atoms with Gasteiger partial charge in [0.1, 0.15) is 5.75 Å². The fraction of sp³-hybridized carbons (Fsp3) is 0.462. The molecule has 92 valence electrons. The second kappa shape index (κ2) is 4.75. The van der Waals surface area contributed by atoms with E-state index in [1.165, 1.54) is 0 Å². The van der Waals surface area contributed by atoms with Gasteiger partial charge in [-0.25, -0.2) is 0 Å². The number of carboxylic acid groups (broad SMARTS) is 1. The Bertz CT molecular complexity index is 431. The van der Waals surface area contributed by atoms with Crippen molar-refractivity contribution in [2.45, 2.75) is 19.4 Å². The molecule has 0 amide bonds. The lowest BCUT2D eigenvalue weighted by molar-refractivity contribution is -0.142. The summed E-state index contributed by atoms with van der Waals surface area (Å²) in [6.45, 7) is 2.73. The van der Waals surface area contributed by atoms with Gasteiger partial charge in [0, 0.05) is 11.6 Å². The maximum Gasteiger partial charge on any atom is 0.308 e. The highest BCUT2D eigenvalue weighted by atomic mass is 16.5. The van der Waals surface area contributed by atoms with E-state index in [4.69, 9.17) is 4.74 Å². The molecule has 1 aromatic carbocycles. The molecule has 17 heavy (non-hydrogen) atoms. The van der Waals surface area contributed by atoms with E-state index >= 15 is 0 Å². The van der Waals surface area contributed by atoms with E-state index in [-0.39, 0.29) is 12.0 Å². The molecule has 1 aromatic rings. The SMILES string of the molecule is COc1ccc(C)cc1[C@H]1NCC[C@@H]1C(=O)O. The summed E-state index contributed by atoms with van der Waals surface area (Å²) >= 11 is 0. The van der Waals surface area contributed by atoms with Crippen LogP contribution in [-0.4, -0.2) is 24.7 Å². The number of rotatable bonds is 3. The summed E-state index contributed by atoms with van der Waals surface area (Å²) < 4.78 is 5.31. The molecule has 1 aliphatic heterocycles. The normalized spacial score (nSPS) is 23.6. The lowest BCUT2D eigenvalue weighted by atomic mass is 9.93. The lowest BCUT2D eigenvalue weighted by Crippen LogP contribution is -2.23. The quantitative estimate of drug-likeness (QED) is 0.837. The molecule has 0 aromatic heterocycles. The van der Waals surface area contributed by atoms with E-state index in [1.807, 2.05) is 25.1 Å². The van der Waals surface area contributed by atoms with Gasteiger partial charge in [0.05, 0.1) is 13.0 Å². The molecular formula is C13H17NO3. The molecular weight excluding hydrogens is 218 g/mol. The third-order valence-corrected chi connectivity index (χ3v) is 3.26. The second-order valence-electron chi connectivity index (χ2n) is 4.41. The molecule has 1 fully saturated rings. The number of methoxy groups -OCH3 is 1. The highest BCUT2D eigenvalue weighted by Gasteiger charge is 2.35. The van der Waals surface area contributed by atoms with Crippen molar-refractivity contribution in [1.29, 1.82) is 0 Å². The molecule has 0 radical (unpaired) electrons. The number of carboxylic acids is 1. The van der Waals surface area contributed by atoms with Crippen molar-refractivity contribution in [3.63, 3.8) is 0 Å². The number of ether oxygens (including phenoxy) is 1. The predicted octanol–water partition coefficient (Wildman–Crippen LogP) is 1.74. The van der Waals surface area contributed by atoms with Crippen LogP contribution in [0.3, 0.4) is 0 Å². The van der Waals surface area contributed by atoms with Gasteiger partial charge < -0.3 is 15.2 Å². The minimum absolute atomic E-state index is 0.151. The van der Waals surface area contributed by atoms with Crippen molar-refractivity contribution >= 4 is 5.97 Å². The largest absolute Gasteiger partial charge is 0.496 e. The predicted molar refractivity (Wildman–Crippen MR) is 64.2 cm³/mol. The van der Waals surface area contributed by atoms with Crippen molar-refractivity contribution in [2.75, 3.05) is 13.7 Å². The summed E-state index contributed by atoms with van der Waals surface area (Å²) in [5.74, 6) is -0.365. The van der Waals surface area contributed by atoms with E-state index in [9.17, 15) is 9.90 Å². The third kappa shape index (κ3) is 2.26. The highest BCUT2D eigenvalue weighted by molar-refractivity contribution is 5.72. The monoisotopic (exact) mass is 235 g/mol. The van der Waals surface area contributed by atoms with Crippen LogP contribution in [0.2, 0.25) is 0 Å². The topological polar surface area (TPSA) is 58.6 Å². The van der Waals surface area contributed by atoms with Crippen LogP contribution in [-0.2, 0) is 4.79 Å². The van der Waals surface area contributed by atoms with Crippen LogP contribution < -0.4 is 10.1 Å². The molecule has 0 aliphatic carbocycles. The Kier molecular flexibility index (Phi) is 3.33. The van der Waals surface area contributed by atoms with Crippen molar-refractivity contribution < 1.29 is 14.6 Å². The van der Waals surface area contributed by atoms with E-state index in [2.05, 4.69) is 5.32 Å². The Labute approximate surface area is 101 Å². The first-order chi connectivity index (χ1) is 8.13. The van der Waals surface area contributed by atoms with Crippen LogP contribution in [0, 0.1) is 12.8 Å². The van der Waals surface area contributed by atoms with Gasteiger partial charge in [-0.05, 0) is 26.0 Å². The zero-order valence-corrected chi connectivity index (χ0v) is 10.1. The Morgan fingerprint density at radius 3 is 2.94 bits per heavy atom. The van der Waals surface area contributed by atoms with Crippen LogP contribution in [0.5, 0.6) is 5.75 Å². The first kappa shape index (κ1) is 11.9. The maximum atomic E-state index is 11.2. The Balaban J connectivity index is 2.38. The van der Waals surface area contributed by atoms with E-state index < -0.39 is 5.97 Å². The Hall–Kier alpha value is -1.55. The fourth-order valence-electron chi connectivity index (χ4n) is 2.39. The lowest BCUT2D eigenvalue weighted by Gasteiger charge is -2.19. The van der Waals surface area contributed by atoms with Gasteiger partial charge in [-0.2, -0.15) is 0 Å². The molecule has 1 heterocycles. The highest BCUT2D eigenvalue weighted by Crippen LogP contribution is 2.35. The van der Waals surface area contributed by atoms with Crippen molar-refractivity contribution in [1.82, 2.24) is 5.32 Å². The smallest absolute Gasteiger partial charge is 0.308 e. The molecule has 4 heteroatoms. The minimum atomic E-state index is -0.747. The molecule has 1 aliphatic rings. The van der Waals surface area contributed by atoms with Crippen molar-refractivity contribution in [2.24, 2.45) is 5.92 Å². The molecule has 1 saturated heterocycles. The molecule has 0 bridgehead atoms. The average molecular weight is 235 g/mol. The van der Waals surface area contributed by atoms with Gasteiger partial charge in [-0.3, -0.25) is 4.79 Å². The van der Waals surface area contributed by atoms with Gasteiger partial charge in [0.15, 0.2) is 0 Å². The summed E-state index contributed by atoms with van der Waals surface area (Å²) in [5.41, 5.74) is 2.05. The fourth-order valence-corrected chi connectivity index (χ4v) is 2.39. The molecule has 0 unspecified atom stereocenters. The number of carbonyl (C=O) groups is 1. The minimum Gasteiger partial charge on any atom is -0.496 e. The summed E-state index contributed by atoms with van der Waals surface area (Å²) in [6.07, 6.45) is 0.664. The summed E-state index contributed by atoms with van der Waals surface area (Å²) in [7, 11) is 1.61. The summed E-state index contributed by atoms with van der Waals surface area (Å²) in [6, 6.07) is 5.70. The molecule has 2 rings (SSSR count). The molecule has 2 atom stereocenters. The summed E-state index contributed by atoms with van der Waals surface area (Å²) in [4.78, 5) is 11.2. The van der Waals surface area contributed by atoms with Crippen molar-refractivity contribution in [3.8, 4) is 5.75 Å². The van der Waals surface area contributed by atoms with Gasteiger partial charge >= 0.3 is 5.97 Å². The van der Waals surface area contributed by atoms with Gasteiger partial charge in [0.2, 0.25) is 0 Å². The number of aliphatic carboxylic acids is 1. The number of nitrogens with one attached hydrogen (secondary N) is 1. The Morgan fingerprint density at radius 1 is 1.53 bits per heavy atom. The number of aryl methyl sites for hydroxylation is 1. The molecule has 4 nitrogen and oxygen atoms in total. The van der Waals surface area contributed by atoms with E-state index in [0.717, 1.165) is 23.4 Å². The van der Waals surface area contributed by atoms with E-state index in [0.29, 0.717) is 6.42 Å². The van der Waals surface area contributed by atoms with Gasteiger partial charge in [-0.15, -0.1) is 0 Å². The van der Waals surface area contributed by atoms with Crippen LogP contribution in [0.1, 0.15) is 23.6 Å². The molecule has 2 N–H and O–H groups in total. The van der Waals surface area contributed by atoms with Gasteiger partial charge in [0.25, 0.3) is 0 Å². The van der Waals surface area contributed by atoms with Crippen LogP contribution in [0.25, 0.3) is 0 Å². The van der Waals surface area contributed by atoms with E-state index in [1.54, 1.807) is 7.11 Å². The van der Waals surface area contributed by atoms with Crippen LogP contribution in [0.4, 0.5) is 0 Å². The van der Waals surface area contributed by atoms with Crippen LogP contribution in [0.15, 0.2) is 18.2 Å². The van der Waals surface area contributed by atoms with Crippen LogP contribution >= 0.6 is 0 Å². The first-order valence-electron chi connectivity index (χ1n) is 5.74. The Morgan fingerprint density at radius 2 is 2.29 bits per heavy atom. The number of hydrogen-bond donors (Lipinski definition) is 2. The standard InChI is InChI=1S/C13H17NO3/c1-8-3-4-11(17-2)10(7-8)12-9(13(15)16)5-6-14-12/h3-4,7,9,12,14H,5-6H2,1-2H3,(H,15,16)/t9-,12-/m0/s1. The maximum absolute atomic E-state index is 11.2. The van der Waals surface area contributed by atoms with Crippen molar-refractivity contribution in [3.05, 3.63) is 29.3 Å². The zero-order chi connectivity index (χ0) is 12.4. The van der Waals surface area contributed by atoms with Gasteiger partial charge in [-0.1, -0.05) is 17.7 Å². The summed E-state index contributed by atoms with van der Waals surface area (Å²) in [5, 5.41) is 12.4. The second-order valence-corrected chi connectivity index (χ2v) is 4.41. The number of benzene rings is 1.